The van der Waals surface area contributed by atoms with Crippen LogP contribution in [0.15, 0.2) is 83.8 Å². The zero-order valence-electron chi connectivity index (χ0n) is 18.4. The lowest BCUT2D eigenvalue weighted by Gasteiger charge is -2.26. The number of carbonyl (C=O) groups excluding carboxylic acids is 1. The average molecular weight is 466 g/mol. The maximum absolute atomic E-state index is 13.2. The van der Waals surface area contributed by atoms with Gasteiger partial charge in [-0.2, -0.15) is 4.31 Å². The highest BCUT2D eigenvalue weighted by molar-refractivity contribution is 7.89. The second-order valence-electron chi connectivity index (χ2n) is 7.89. The summed E-state index contributed by atoms with van der Waals surface area (Å²) in [4.78, 5) is 13.4. The van der Waals surface area contributed by atoms with E-state index in [1.54, 1.807) is 24.3 Å². The maximum Gasteiger partial charge on any atom is 0.251 e. The molecule has 1 atom stereocenters. The molecule has 1 aliphatic rings. The Morgan fingerprint density at radius 1 is 0.909 bits per heavy atom. The summed E-state index contributed by atoms with van der Waals surface area (Å²) < 4.78 is 32.8. The highest BCUT2D eigenvalue weighted by Crippen LogP contribution is 2.25. The van der Waals surface area contributed by atoms with E-state index in [4.69, 9.17) is 4.74 Å². The van der Waals surface area contributed by atoms with Crippen molar-refractivity contribution in [1.82, 2.24) is 4.31 Å². The molecule has 0 spiro atoms. The topological polar surface area (TPSA) is 87.7 Å². The second-order valence-corrected chi connectivity index (χ2v) is 9.83. The Bertz CT molecular complexity index is 1190. The molecule has 3 aromatic rings. The predicted molar refractivity (Wildman–Crippen MR) is 129 cm³/mol. The summed E-state index contributed by atoms with van der Waals surface area (Å²) in [7, 11) is -3.65. The van der Waals surface area contributed by atoms with Gasteiger partial charge in [0.25, 0.3) is 5.91 Å². The van der Waals surface area contributed by atoms with Crippen molar-refractivity contribution in [2.75, 3.05) is 36.9 Å². The van der Waals surface area contributed by atoms with E-state index in [0.29, 0.717) is 37.7 Å². The van der Waals surface area contributed by atoms with Crippen LogP contribution in [0.5, 0.6) is 0 Å². The van der Waals surface area contributed by atoms with Crippen molar-refractivity contribution in [2.45, 2.75) is 17.9 Å². The number of hydrogen-bond donors (Lipinski definition) is 2. The Morgan fingerprint density at radius 3 is 2.30 bits per heavy atom. The first-order chi connectivity index (χ1) is 15.9. The van der Waals surface area contributed by atoms with Gasteiger partial charge in [-0.3, -0.25) is 4.79 Å². The largest absolute Gasteiger partial charge is 0.379 e. The molecule has 3 aromatic carbocycles. The molecule has 1 amide bonds. The quantitative estimate of drug-likeness (QED) is 0.554. The summed E-state index contributed by atoms with van der Waals surface area (Å²) in [5.74, 6) is -0.244. The van der Waals surface area contributed by atoms with Gasteiger partial charge >= 0.3 is 0 Å². The Balaban J connectivity index is 1.59. The molecule has 0 saturated carbocycles. The number of rotatable bonds is 7. The first kappa shape index (κ1) is 23.0. The van der Waals surface area contributed by atoms with Gasteiger partial charge in [-0.05, 0) is 42.8 Å². The molecule has 0 aromatic heterocycles. The lowest BCUT2D eigenvalue weighted by atomic mass is 10.1. The Morgan fingerprint density at radius 2 is 1.61 bits per heavy atom. The fourth-order valence-electron chi connectivity index (χ4n) is 3.65. The van der Waals surface area contributed by atoms with E-state index in [1.807, 2.05) is 61.5 Å². The van der Waals surface area contributed by atoms with E-state index in [9.17, 15) is 13.2 Å². The SMILES string of the molecule is Cc1ccc(NC(=O)[C@@H](Nc2cccc(S(=O)(=O)N3CCOCC3)c2)c2ccccc2)cc1. The van der Waals surface area contributed by atoms with Gasteiger partial charge in [0.05, 0.1) is 18.1 Å². The van der Waals surface area contributed by atoms with E-state index in [1.165, 1.54) is 4.31 Å². The number of nitrogens with one attached hydrogen (secondary N) is 2. The van der Waals surface area contributed by atoms with Crippen molar-refractivity contribution in [2.24, 2.45) is 0 Å². The van der Waals surface area contributed by atoms with Gasteiger partial charge < -0.3 is 15.4 Å². The number of benzene rings is 3. The second kappa shape index (κ2) is 10.2. The molecule has 1 saturated heterocycles. The molecule has 1 aliphatic heterocycles. The van der Waals surface area contributed by atoms with Crippen LogP contribution in [0.1, 0.15) is 17.2 Å². The molecule has 1 heterocycles. The molecule has 2 N–H and O–H groups in total. The number of morpholine rings is 1. The van der Waals surface area contributed by atoms with Crippen LogP contribution in [-0.2, 0) is 19.6 Å². The molecule has 4 rings (SSSR count). The van der Waals surface area contributed by atoms with Crippen molar-refractivity contribution >= 4 is 27.3 Å². The van der Waals surface area contributed by atoms with Crippen LogP contribution in [-0.4, -0.2) is 44.9 Å². The molecule has 33 heavy (non-hydrogen) atoms. The molecule has 8 heteroatoms. The zero-order valence-corrected chi connectivity index (χ0v) is 19.2. The number of nitrogens with zero attached hydrogens (tertiary/aromatic N) is 1. The number of ether oxygens (including phenoxy) is 1. The molecule has 0 bridgehead atoms. The standard InChI is InChI=1S/C25H27N3O4S/c1-19-10-12-21(13-11-19)27-25(29)24(20-6-3-2-4-7-20)26-22-8-5-9-23(18-22)33(30,31)28-14-16-32-17-15-28/h2-13,18,24,26H,14-17H2,1H3,(H,27,29)/t24-/m0/s1. The van der Waals surface area contributed by atoms with Crippen LogP contribution >= 0.6 is 0 Å². The molecule has 0 unspecified atom stereocenters. The fourth-order valence-corrected chi connectivity index (χ4v) is 5.10. The molecule has 1 fully saturated rings. The first-order valence-corrected chi connectivity index (χ1v) is 12.2. The van der Waals surface area contributed by atoms with E-state index in [2.05, 4.69) is 10.6 Å². The molecule has 0 aliphatic carbocycles. The van der Waals surface area contributed by atoms with Gasteiger partial charge in [0.1, 0.15) is 6.04 Å². The molecule has 7 nitrogen and oxygen atoms in total. The minimum Gasteiger partial charge on any atom is -0.379 e. The monoisotopic (exact) mass is 465 g/mol. The summed E-state index contributed by atoms with van der Waals surface area (Å²) in [6.07, 6.45) is 0. The van der Waals surface area contributed by atoms with Gasteiger partial charge in [0, 0.05) is 24.5 Å². The molecular formula is C25H27N3O4S. The number of aryl methyl sites for hydroxylation is 1. The van der Waals surface area contributed by atoms with Crippen LogP contribution in [0, 0.1) is 6.92 Å². The van der Waals surface area contributed by atoms with E-state index < -0.39 is 16.1 Å². The van der Waals surface area contributed by atoms with Crippen molar-refractivity contribution in [3.05, 3.63) is 90.0 Å². The van der Waals surface area contributed by atoms with Gasteiger partial charge in [0.2, 0.25) is 10.0 Å². The Kier molecular flexibility index (Phi) is 7.08. The number of sulfonamides is 1. The van der Waals surface area contributed by atoms with Crippen molar-refractivity contribution in [3.8, 4) is 0 Å². The van der Waals surface area contributed by atoms with Crippen molar-refractivity contribution in [1.29, 1.82) is 0 Å². The van der Waals surface area contributed by atoms with E-state index in [0.717, 1.165) is 11.1 Å². The van der Waals surface area contributed by atoms with Crippen molar-refractivity contribution < 1.29 is 17.9 Å². The minimum atomic E-state index is -3.65. The third kappa shape index (κ3) is 5.60. The van der Waals surface area contributed by atoms with E-state index >= 15 is 0 Å². The molecule has 172 valence electrons. The molecule has 0 radical (unpaired) electrons. The summed E-state index contributed by atoms with van der Waals surface area (Å²) >= 11 is 0. The minimum absolute atomic E-state index is 0.181. The highest BCUT2D eigenvalue weighted by Gasteiger charge is 2.27. The van der Waals surface area contributed by atoms with Gasteiger partial charge in [-0.25, -0.2) is 8.42 Å². The molecular weight excluding hydrogens is 438 g/mol. The number of carbonyl (C=O) groups is 1. The van der Waals surface area contributed by atoms with Crippen LogP contribution in [0.2, 0.25) is 0 Å². The highest BCUT2D eigenvalue weighted by atomic mass is 32.2. The van der Waals surface area contributed by atoms with Gasteiger partial charge in [0.15, 0.2) is 0 Å². The summed E-state index contributed by atoms with van der Waals surface area (Å²) in [6.45, 7) is 3.40. The predicted octanol–water partition coefficient (Wildman–Crippen LogP) is 3.81. The number of anilines is 2. The van der Waals surface area contributed by atoms with Crippen molar-refractivity contribution in [3.63, 3.8) is 0 Å². The Labute approximate surface area is 194 Å². The normalized spacial score (nSPS) is 15.5. The van der Waals surface area contributed by atoms with Crippen LogP contribution < -0.4 is 10.6 Å². The van der Waals surface area contributed by atoms with E-state index in [-0.39, 0.29) is 10.8 Å². The summed E-state index contributed by atoms with van der Waals surface area (Å²) in [5.41, 5.74) is 3.10. The smallest absolute Gasteiger partial charge is 0.251 e. The number of amides is 1. The summed E-state index contributed by atoms with van der Waals surface area (Å²) in [5, 5.41) is 6.17. The van der Waals surface area contributed by atoms with Gasteiger partial charge in [-0.1, -0.05) is 54.1 Å². The summed E-state index contributed by atoms with van der Waals surface area (Å²) in [6, 6.07) is 22.8. The fraction of sp³-hybridized carbons (Fsp3) is 0.240. The first-order valence-electron chi connectivity index (χ1n) is 10.8. The third-order valence-electron chi connectivity index (χ3n) is 5.47. The maximum atomic E-state index is 13.2. The van der Waals surface area contributed by atoms with Crippen LogP contribution in [0.25, 0.3) is 0 Å². The van der Waals surface area contributed by atoms with Gasteiger partial charge in [-0.15, -0.1) is 0 Å². The van der Waals surface area contributed by atoms with Crippen LogP contribution in [0.4, 0.5) is 11.4 Å². The number of hydrogen-bond acceptors (Lipinski definition) is 5. The zero-order chi connectivity index (χ0) is 23.3. The Hall–Kier alpha value is -3.20. The lowest BCUT2D eigenvalue weighted by Crippen LogP contribution is -2.40. The van der Waals surface area contributed by atoms with Crippen LogP contribution in [0.3, 0.4) is 0 Å². The third-order valence-corrected chi connectivity index (χ3v) is 7.36. The lowest BCUT2D eigenvalue weighted by molar-refractivity contribution is -0.117. The average Bonchev–Trinajstić information content (AvgIpc) is 2.85.